The summed E-state index contributed by atoms with van der Waals surface area (Å²) in [5.41, 5.74) is 6.70. The highest BCUT2D eigenvalue weighted by Gasteiger charge is 2.27. The van der Waals surface area contributed by atoms with Gasteiger partial charge in [-0.2, -0.15) is 0 Å². The number of benzene rings is 3. The maximum absolute atomic E-state index is 10.4. The van der Waals surface area contributed by atoms with Gasteiger partial charge in [-0.25, -0.2) is 0 Å². The first kappa shape index (κ1) is 17.5. The Bertz CT molecular complexity index is 1130. The molecule has 2 unspecified atom stereocenters. The summed E-state index contributed by atoms with van der Waals surface area (Å²) in [5, 5.41) is 13.1. The van der Waals surface area contributed by atoms with Gasteiger partial charge in [-0.05, 0) is 54.9 Å². The Morgan fingerprint density at radius 3 is 2.46 bits per heavy atom. The standard InChI is InChI=1S/C26H27NO/c1-2-27-24-14-7-6-13-22(24)23-16-15-21(18-9-4-3-5-10-18)25(26(23)27)19-11-8-12-20(28)17-19/h3-7,9-10,13-16,19-20,28H,2,8,11-12,17H2,1H3. The highest BCUT2D eigenvalue weighted by atomic mass is 16.3. The van der Waals surface area contributed by atoms with Crippen LogP contribution in [0.3, 0.4) is 0 Å². The molecule has 1 heterocycles. The maximum Gasteiger partial charge on any atom is 0.0546 e. The van der Waals surface area contributed by atoms with Crippen molar-refractivity contribution in [1.82, 2.24) is 4.57 Å². The van der Waals surface area contributed by atoms with Gasteiger partial charge >= 0.3 is 0 Å². The Morgan fingerprint density at radius 1 is 0.893 bits per heavy atom. The maximum atomic E-state index is 10.4. The summed E-state index contributed by atoms with van der Waals surface area (Å²) in [7, 11) is 0. The Hall–Kier alpha value is -2.58. The molecule has 3 aromatic carbocycles. The lowest BCUT2D eigenvalue weighted by Crippen LogP contribution is -2.19. The summed E-state index contributed by atoms with van der Waals surface area (Å²) in [6, 6.07) is 24.1. The summed E-state index contributed by atoms with van der Waals surface area (Å²) < 4.78 is 2.48. The van der Waals surface area contributed by atoms with Crippen LogP contribution in [0.15, 0.2) is 66.7 Å². The van der Waals surface area contributed by atoms with Crippen LogP contribution < -0.4 is 0 Å². The normalized spacial score (nSPS) is 20.1. The molecule has 2 atom stereocenters. The number of hydrogen-bond acceptors (Lipinski definition) is 1. The summed E-state index contributed by atoms with van der Waals surface area (Å²) >= 11 is 0. The lowest BCUT2D eigenvalue weighted by Gasteiger charge is -2.29. The number of para-hydroxylation sites is 1. The smallest absolute Gasteiger partial charge is 0.0546 e. The molecule has 2 heteroatoms. The number of aromatic nitrogens is 1. The third kappa shape index (κ3) is 2.75. The molecule has 0 amide bonds. The average molecular weight is 370 g/mol. The van der Waals surface area contributed by atoms with E-state index >= 15 is 0 Å². The third-order valence-corrected chi connectivity index (χ3v) is 6.43. The van der Waals surface area contributed by atoms with Gasteiger partial charge < -0.3 is 9.67 Å². The van der Waals surface area contributed by atoms with Crippen LogP contribution in [0.1, 0.15) is 44.1 Å². The van der Waals surface area contributed by atoms with Crippen molar-refractivity contribution in [2.24, 2.45) is 0 Å². The van der Waals surface area contributed by atoms with E-state index in [-0.39, 0.29) is 6.10 Å². The van der Waals surface area contributed by atoms with Gasteiger partial charge in [0.15, 0.2) is 0 Å². The molecule has 1 saturated carbocycles. The first-order valence-corrected chi connectivity index (χ1v) is 10.5. The molecule has 0 radical (unpaired) electrons. The second-order valence-electron chi connectivity index (χ2n) is 8.07. The monoisotopic (exact) mass is 369 g/mol. The zero-order valence-corrected chi connectivity index (χ0v) is 16.4. The number of aliphatic hydroxyl groups is 1. The number of hydrogen-bond donors (Lipinski definition) is 1. The van der Waals surface area contributed by atoms with Crippen LogP contribution in [0.2, 0.25) is 0 Å². The SMILES string of the molecule is CCn1c2ccccc2c2ccc(-c3ccccc3)c(C3CCCC(O)C3)c21. The van der Waals surface area contributed by atoms with Gasteiger partial charge in [-0.15, -0.1) is 0 Å². The molecule has 28 heavy (non-hydrogen) atoms. The fraction of sp³-hybridized carbons (Fsp3) is 0.308. The fourth-order valence-corrected chi connectivity index (χ4v) is 5.21. The van der Waals surface area contributed by atoms with E-state index in [0.717, 1.165) is 32.2 Å². The molecule has 1 aliphatic carbocycles. The zero-order chi connectivity index (χ0) is 19.1. The fourth-order valence-electron chi connectivity index (χ4n) is 5.21. The van der Waals surface area contributed by atoms with Crippen molar-refractivity contribution >= 4 is 21.8 Å². The number of rotatable bonds is 3. The molecule has 0 bridgehead atoms. The van der Waals surface area contributed by atoms with E-state index in [9.17, 15) is 5.11 Å². The average Bonchev–Trinajstić information content (AvgIpc) is 3.07. The minimum Gasteiger partial charge on any atom is -0.393 e. The van der Waals surface area contributed by atoms with Crippen molar-refractivity contribution in [2.45, 2.75) is 51.2 Å². The van der Waals surface area contributed by atoms with Crippen molar-refractivity contribution in [2.75, 3.05) is 0 Å². The quantitative estimate of drug-likeness (QED) is 0.438. The van der Waals surface area contributed by atoms with Crippen LogP contribution in [0.25, 0.3) is 32.9 Å². The predicted octanol–water partition coefficient (Wildman–Crippen LogP) is 6.50. The van der Waals surface area contributed by atoms with Gasteiger partial charge in [0.25, 0.3) is 0 Å². The highest BCUT2D eigenvalue weighted by molar-refractivity contribution is 6.10. The minimum atomic E-state index is -0.183. The molecule has 0 saturated heterocycles. The van der Waals surface area contributed by atoms with E-state index in [1.807, 2.05) is 0 Å². The van der Waals surface area contributed by atoms with Crippen LogP contribution in [-0.4, -0.2) is 15.8 Å². The van der Waals surface area contributed by atoms with Crippen LogP contribution in [0.5, 0.6) is 0 Å². The largest absolute Gasteiger partial charge is 0.393 e. The van der Waals surface area contributed by atoms with Crippen molar-refractivity contribution in [1.29, 1.82) is 0 Å². The summed E-state index contributed by atoms with van der Waals surface area (Å²) in [4.78, 5) is 0. The van der Waals surface area contributed by atoms with Gasteiger partial charge in [-0.1, -0.05) is 67.1 Å². The Labute approximate surface area is 166 Å². The molecule has 4 aromatic rings. The lowest BCUT2D eigenvalue weighted by atomic mass is 9.78. The highest BCUT2D eigenvalue weighted by Crippen LogP contribution is 2.44. The van der Waals surface area contributed by atoms with E-state index in [2.05, 4.69) is 78.2 Å². The van der Waals surface area contributed by atoms with Gasteiger partial charge in [0.1, 0.15) is 0 Å². The molecule has 142 valence electrons. The van der Waals surface area contributed by atoms with Crippen molar-refractivity contribution < 1.29 is 5.11 Å². The second kappa shape index (κ2) is 7.10. The first-order chi connectivity index (χ1) is 13.8. The van der Waals surface area contributed by atoms with Crippen molar-refractivity contribution in [3.8, 4) is 11.1 Å². The number of fused-ring (bicyclic) bond motifs is 3. The Kier molecular flexibility index (Phi) is 4.44. The summed E-state index contributed by atoms with van der Waals surface area (Å²) in [5.74, 6) is 0.400. The molecule has 1 N–H and O–H groups in total. The van der Waals surface area contributed by atoms with Gasteiger partial charge in [0.2, 0.25) is 0 Å². The van der Waals surface area contributed by atoms with Crippen LogP contribution in [0.4, 0.5) is 0 Å². The first-order valence-electron chi connectivity index (χ1n) is 10.5. The molecule has 1 fully saturated rings. The van der Waals surface area contributed by atoms with Gasteiger partial charge in [0, 0.05) is 22.8 Å². The van der Waals surface area contributed by atoms with E-state index in [0.29, 0.717) is 5.92 Å². The second-order valence-corrected chi connectivity index (χ2v) is 8.07. The Balaban J connectivity index is 1.87. The van der Waals surface area contributed by atoms with Gasteiger partial charge in [-0.3, -0.25) is 0 Å². The molecular weight excluding hydrogens is 342 g/mol. The van der Waals surface area contributed by atoms with Crippen molar-refractivity contribution in [3.63, 3.8) is 0 Å². The number of nitrogens with zero attached hydrogens (tertiary/aromatic N) is 1. The van der Waals surface area contributed by atoms with E-state index in [1.165, 1.54) is 38.5 Å². The van der Waals surface area contributed by atoms with E-state index < -0.39 is 0 Å². The topological polar surface area (TPSA) is 25.2 Å². The van der Waals surface area contributed by atoms with Crippen LogP contribution in [0, 0.1) is 0 Å². The van der Waals surface area contributed by atoms with E-state index in [4.69, 9.17) is 0 Å². The summed E-state index contributed by atoms with van der Waals surface area (Å²) in [6.45, 7) is 3.19. The van der Waals surface area contributed by atoms with Crippen molar-refractivity contribution in [3.05, 3.63) is 72.3 Å². The van der Waals surface area contributed by atoms with E-state index in [1.54, 1.807) is 0 Å². The minimum absolute atomic E-state index is 0.183. The number of aryl methyl sites for hydroxylation is 1. The molecule has 2 nitrogen and oxygen atoms in total. The lowest BCUT2D eigenvalue weighted by molar-refractivity contribution is 0.120. The molecular formula is C26H27NO. The molecule has 1 aliphatic rings. The molecule has 0 aliphatic heterocycles. The number of aliphatic hydroxyl groups excluding tert-OH is 1. The molecule has 0 spiro atoms. The predicted molar refractivity (Wildman–Crippen MR) is 118 cm³/mol. The molecule has 1 aromatic heterocycles. The van der Waals surface area contributed by atoms with Crippen LogP contribution in [-0.2, 0) is 6.54 Å². The third-order valence-electron chi connectivity index (χ3n) is 6.43. The zero-order valence-electron chi connectivity index (χ0n) is 16.4. The molecule has 5 rings (SSSR count). The Morgan fingerprint density at radius 2 is 1.68 bits per heavy atom. The van der Waals surface area contributed by atoms with Gasteiger partial charge in [0.05, 0.1) is 11.6 Å². The van der Waals surface area contributed by atoms with Crippen LogP contribution >= 0.6 is 0 Å². The summed E-state index contributed by atoms with van der Waals surface area (Å²) in [6.07, 6.45) is 3.87.